The Bertz CT molecular complexity index is 186. The molecule has 78 valence electrons. The second kappa shape index (κ2) is 10.0. The summed E-state index contributed by atoms with van der Waals surface area (Å²) in [4.78, 5) is 0. The van der Waals surface area contributed by atoms with Crippen LogP contribution in [0.5, 0.6) is 0 Å². The summed E-state index contributed by atoms with van der Waals surface area (Å²) in [6, 6.07) is 0. The van der Waals surface area contributed by atoms with Gasteiger partial charge in [0.2, 0.25) is 0 Å². The van der Waals surface area contributed by atoms with Gasteiger partial charge in [-0.25, -0.2) is 0 Å². The van der Waals surface area contributed by atoms with Crippen LogP contribution in [0.2, 0.25) is 0 Å². The molecule has 0 aliphatic rings. The van der Waals surface area contributed by atoms with Crippen LogP contribution in [-0.2, 0) is 0 Å². The van der Waals surface area contributed by atoms with Gasteiger partial charge in [-0.05, 0) is 38.0 Å². The molecular formula is C14H22. The number of allylic oxidation sites excluding steroid dienone is 5. The van der Waals surface area contributed by atoms with Gasteiger partial charge in [0.05, 0.1) is 0 Å². The van der Waals surface area contributed by atoms with Crippen molar-refractivity contribution >= 4 is 0 Å². The molecule has 0 bridgehead atoms. The summed E-state index contributed by atoms with van der Waals surface area (Å²) >= 11 is 0. The third kappa shape index (κ3) is 7.60. The molecule has 0 radical (unpaired) electrons. The predicted octanol–water partition coefficient (Wildman–Crippen LogP) is 4.67. The van der Waals surface area contributed by atoms with E-state index in [1.165, 1.54) is 12.8 Å². The van der Waals surface area contributed by atoms with E-state index < -0.39 is 0 Å². The van der Waals surface area contributed by atoms with E-state index in [2.05, 4.69) is 25.8 Å². The van der Waals surface area contributed by atoms with Crippen molar-refractivity contribution in [3.05, 3.63) is 50.1 Å². The predicted molar refractivity (Wildman–Crippen MR) is 66.3 cm³/mol. The van der Waals surface area contributed by atoms with Crippen LogP contribution in [0.4, 0.5) is 0 Å². The standard InChI is InChI=1S/C14H22/c1-4-7-9-10-13-14(11-6-3)12-8-5-2/h4-7,9,14H,1-3,8,10-13H2. The lowest BCUT2D eigenvalue weighted by molar-refractivity contribution is 0.464. The van der Waals surface area contributed by atoms with Gasteiger partial charge in [-0.1, -0.05) is 37.0 Å². The highest BCUT2D eigenvalue weighted by atomic mass is 14.1. The third-order valence-corrected chi connectivity index (χ3v) is 2.29. The van der Waals surface area contributed by atoms with Crippen LogP contribution >= 0.6 is 0 Å². The fraction of sp³-hybridized carbons (Fsp3) is 0.429. The van der Waals surface area contributed by atoms with Crippen molar-refractivity contribution in [3.8, 4) is 0 Å². The van der Waals surface area contributed by atoms with Crippen molar-refractivity contribution in [1.29, 1.82) is 0 Å². The Morgan fingerprint density at radius 3 is 2.21 bits per heavy atom. The molecule has 0 spiro atoms. The number of hydrogen-bond donors (Lipinski definition) is 0. The minimum Gasteiger partial charge on any atom is -0.103 e. The van der Waals surface area contributed by atoms with Gasteiger partial charge in [-0.15, -0.1) is 13.2 Å². The van der Waals surface area contributed by atoms with Gasteiger partial charge in [0.1, 0.15) is 0 Å². The maximum atomic E-state index is 3.79. The van der Waals surface area contributed by atoms with Crippen molar-refractivity contribution in [3.63, 3.8) is 0 Å². The highest BCUT2D eigenvalue weighted by Gasteiger charge is 2.03. The molecule has 0 aliphatic carbocycles. The first kappa shape index (κ1) is 13.0. The van der Waals surface area contributed by atoms with Gasteiger partial charge in [0.15, 0.2) is 0 Å². The average molecular weight is 190 g/mol. The van der Waals surface area contributed by atoms with Crippen LogP contribution in [-0.4, -0.2) is 0 Å². The quantitative estimate of drug-likeness (QED) is 0.366. The Kier molecular flexibility index (Phi) is 9.30. The largest absolute Gasteiger partial charge is 0.103 e. The Balaban J connectivity index is 3.70. The summed E-state index contributed by atoms with van der Waals surface area (Å²) in [6.07, 6.45) is 15.9. The first-order valence-electron chi connectivity index (χ1n) is 5.34. The highest BCUT2D eigenvalue weighted by Crippen LogP contribution is 2.18. The maximum Gasteiger partial charge on any atom is -0.0325 e. The van der Waals surface area contributed by atoms with E-state index in [-0.39, 0.29) is 0 Å². The van der Waals surface area contributed by atoms with E-state index in [0.717, 1.165) is 25.2 Å². The summed E-state index contributed by atoms with van der Waals surface area (Å²) < 4.78 is 0. The normalized spacial score (nSPS) is 12.6. The Morgan fingerprint density at radius 1 is 0.929 bits per heavy atom. The van der Waals surface area contributed by atoms with Gasteiger partial charge in [-0.2, -0.15) is 0 Å². The van der Waals surface area contributed by atoms with Crippen molar-refractivity contribution in [2.45, 2.75) is 32.1 Å². The van der Waals surface area contributed by atoms with Crippen molar-refractivity contribution in [2.75, 3.05) is 0 Å². The minimum absolute atomic E-state index is 0.764. The van der Waals surface area contributed by atoms with Crippen molar-refractivity contribution < 1.29 is 0 Å². The maximum absolute atomic E-state index is 3.79. The second-order valence-electron chi connectivity index (χ2n) is 3.50. The smallest absolute Gasteiger partial charge is 0.0325 e. The lowest BCUT2D eigenvalue weighted by Crippen LogP contribution is -1.97. The van der Waals surface area contributed by atoms with Crippen molar-refractivity contribution in [2.24, 2.45) is 5.92 Å². The molecule has 0 aromatic rings. The van der Waals surface area contributed by atoms with Crippen LogP contribution < -0.4 is 0 Å². The Morgan fingerprint density at radius 2 is 1.64 bits per heavy atom. The van der Waals surface area contributed by atoms with Gasteiger partial charge >= 0.3 is 0 Å². The first-order valence-corrected chi connectivity index (χ1v) is 5.34. The zero-order valence-corrected chi connectivity index (χ0v) is 9.12. The highest BCUT2D eigenvalue weighted by molar-refractivity contribution is 4.97. The summed E-state index contributed by atoms with van der Waals surface area (Å²) in [5.74, 6) is 0.764. The molecule has 0 aliphatic heterocycles. The molecule has 0 amide bonds. The van der Waals surface area contributed by atoms with Crippen LogP contribution in [0.3, 0.4) is 0 Å². The fourth-order valence-electron chi connectivity index (χ4n) is 1.49. The van der Waals surface area contributed by atoms with Crippen LogP contribution in [0, 0.1) is 5.92 Å². The first-order chi connectivity index (χ1) is 6.85. The van der Waals surface area contributed by atoms with E-state index in [9.17, 15) is 0 Å². The molecule has 0 aromatic heterocycles. The summed E-state index contributed by atoms with van der Waals surface area (Å²) in [5.41, 5.74) is 0. The molecule has 1 unspecified atom stereocenters. The zero-order valence-electron chi connectivity index (χ0n) is 9.12. The van der Waals surface area contributed by atoms with E-state index in [4.69, 9.17) is 0 Å². The molecule has 14 heavy (non-hydrogen) atoms. The van der Waals surface area contributed by atoms with Crippen molar-refractivity contribution in [1.82, 2.24) is 0 Å². The lowest BCUT2D eigenvalue weighted by Gasteiger charge is -2.12. The molecule has 0 fully saturated rings. The number of hydrogen-bond acceptors (Lipinski definition) is 0. The Labute approximate surface area is 88.7 Å². The third-order valence-electron chi connectivity index (χ3n) is 2.29. The van der Waals surface area contributed by atoms with Gasteiger partial charge < -0.3 is 0 Å². The van der Waals surface area contributed by atoms with E-state index >= 15 is 0 Å². The summed E-state index contributed by atoms with van der Waals surface area (Å²) in [6.45, 7) is 11.2. The molecular weight excluding hydrogens is 168 g/mol. The lowest BCUT2D eigenvalue weighted by atomic mass is 9.94. The van der Waals surface area contributed by atoms with E-state index in [1.54, 1.807) is 0 Å². The zero-order chi connectivity index (χ0) is 10.6. The molecule has 0 saturated carbocycles. The molecule has 0 heterocycles. The van der Waals surface area contributed by atoms with Gasteiger partial charge in [0, 0.05) is 0 Å². The molecule has 0 saturated heterocycles. The van der Waals surface area contributed by atoms with Gasteiger partial charge in [0.25, 0.3) is 0 Å². The molecule has 0 nitrogen and oxygen atoms in total. The minimum atomic E-state index is 0.764. The van der Waals surface area contributed by atoms with E-state index in [1.807, 2.05) is 24.3 Å². The molecule has 1 atom stereocenters. The average Bonchev–Trinajstić information content (AvgIpc) is 2.20. The fourth-order valence-corrected chi connectivity index (χ4v) is 1.49. The van der Waals surface area contributed by atoms with Gasteiger partial charge in [-0.3, -0.25) is 0 Å². The Hall–Kier alpha value is -1.04. The topological polar surface area (TPSA) is 0 Å². The SMILES string of the molecule is C=CC=CCCC(CC=C)CCC=C. The summed E-state index contributed by atoms with van der Waals surface area (Å²) in [7, 11) is 0. The van der Waals surface area contributed by atoms with Crippen LogP contribution in [0.25, 0.3) is 0 Å². The molecule has 0 N–H and O–H groups in total. The second-order valence-corrected chi connectivity index (χ2v) is 3.50. The summed E-state index contributed by atoms with van der Waals surface area (Å²) in [5, 5.41) is 0. The van der Waals surface area contributed by atoms with Crippen LogP contribution in [0.1, 0.15) is 32.1 Å². The molecule has 0 aromatic carbocycles. The molecule has 0 heteroatoms. The van der Waals surface area contributed by atoms with Crippen LogP contribution in [0.15, 0.2) is 50.1 Å². The van der Waals surface area contributed by atoms with E-state index in [0.29, 0.717) is 0 Å². The molecule has 0 rings (SSSR count). The monoisotopic (exact) mass is 190 g/mol. The number of rotatable bonds is 9.